The van der Waals surface area contributed by atoms with Crippen LogP contribution in [0.2, 0.25) is 0 Å². The summed E-state index contributed by atoms with van der Waals surface area (Å²) in [5, 5.41) is 121. The Bertz CT molecular complexity index is 2180. The van der Waals surface area contributed by atoms with Crippen LogP contribution in [-0.4, -0.2) is 193 Å². The smallest absolute Gasteiger partial charge is 0.220 e. The highest BCUT2D eigenvalue weighted by Gasteiger charge is 2.54. The first-order valence-electron chi connectivity index (χ1n) is 42.7. The molecule has 3 aliphatic heterocycles. The zero-order chi connectivity index (χ0) is 76.0. The Labute approximate surface area is 636 Å². The minimum absolute atomic E-state index is 0.237. The van der Waals surface area contributed by atoms with Gasteiger partial charge in [-0.25, -0.2) is 0 Å². The fraction of sp³-hybridized carbons (Fsp3) is 0.849. The Kier molecular flexibility index (Phi) is 60.5. The molecule has 0 bridgehead atoms. The van der Waals surface area contributed by atoms with E-state index in [4.69, 9.17) is 28.4 Å². The summed E-state index contributed by atoms with van der Waals surface area (Å²) in [6.07, 6.45) is 60.5. The molecule has 612 valence electrons. The van der Waals surface area contributed by atoms with Crippen LogP contribution in [0.5, 0.6) is 0 Å². The third-order valence-corrected chi connectivity index (χ3v) is 21.0. The molecule has 0 saturated carbocycles. The maximum Gasteiger partial charge on any atom is 0.220 e. The molecule has 19 nitrogen and oxygen atoms in total. The van der Waals surface area contributed by atoms with E-state index < -0.39 is 124 Å². The average molecular weight is 1490 g/mol. The Morgan fingerprint density at radius 3 is 1.07 bits per heavy atom. The number of aliphatic hydroxyl groups excluding tert-OH is 11. The lowest BCUT2D eigenvalue weighted by Crippen LogP contribution is -2.66. The Morgan fingerprint density at radius 1 is 0.352 bits per heavy atom. The van der Waals surface area contributed by atoms with Gasteiger partial charge in [0, 0.05) is 6.42 Å². The van der Waals surface area contributed by atoms with E-state index in [1.165, 1.54) is 238 Å². The average Bonchev–Trinajstić information content (AvgIpc) is 0.781. The van der Waals surface area contributed by atoms with Crippen molar-refractivity contribution < 1.29 is 89.4 Å². The maximum absolute atomic E-state index is 13.5. The predicted molar refractivity (Wildman–Crippen MR) is 420 cm³/mol. The Morgan fingerprint density at radius 2 is 0.667 bits per heavy atom. The van der Waals surface area contributed by atoms with Crippen molar-refractivity contribution in [3.05, 3.63) is 72.9 Å². The molecule has 3 heterocycles. The molecule has 17 atom stereocenters. The number of ether oxygens (including phenoxy) is 6. The lowest BCUT2D eigenvalue weighted by Gasteiger charge is -2.48. The van der Waals surface area contributed by atoms with Gasteiger partial charge in [-0.3, -0.25) is 4.79 Å². The minimum Gasteiger partial charge on any atom is -0.394 e. The third kappa shape index (κ3) is 45.4. The second kappa shape index (κ2) is 65.9. The molecule has 3 aliphatic rings. The summed E-state index contributed by atoms with van der Waals surface area (Å²) in [6.45, 7) is 1.65. The van der Waals surface area contributed by atoms with Crippen molar-refractivity contribution >= 4 is 5.91 Å². The molecule has 19 heteroatoms. The number of aliphatic hydroxyl groups is 11. The topological polar surface area (TPSA) is 307 Å². The summed E-state index contributed by atoms with van der Waals surface area (Å²) in [7, 11) is 0. The van der Waals surface area contributed by atoms with E-state index in [2.05, 4.69) is 79.9 Å². The summed E-state index contributed by atoms with van der Waals surface area (Å²) in [5.41, 5.74) is 0. The molecule has 3 fully saturated rings. The summed E-state index contributed by atoms with van der Waals surface area (Å²) in [5.74, 6) is -0.280. The molecule has 3 saturated heterocycles. The van der Waals surface area contributed by atoms with Gasteiger partial charge < -0.3 is 89.9 Å². The fourth-order valence-electron chi connectivity index (χ4n) is 14.2. The molecule has 105 heavy (non-hydrogen) atoms. The molecule has 17 unspecified atom stereocenters. The van der Waals surface area contributed by atoms with E-state index in [0.29, 0.717) is 12.8 Å². The zero-order valence-corrected chi connectivity index (χ0v) is 65.7. The van der Waals surface area contributed by atoms with Gasteiger partial charge in [0.2, 0.25) is 5.91 Å². The van der Waals surface area contributed by atoms with Crippen LogP contribution in [0.3, 0.4) is 0 Å². The SMILES string of the molecule is CC/C=C\C/C=C\C/C=C\C/C=C\CCCCCCCCCCCCCCCCCCCCCCCCC(=O)NC(COC1OC(CO)C(OC2OC(CO)C(OC3OC(CO)C(O)C(O)C3O)C(O)C2O)C(O)C1O)C(O)/C=C/CC/C=C/CCCCCCCCCCCCCCCCCCCCC. The third-order valence-electron chi connectivity index (χ3n) is 21.0. The molecule has 3 rings (SSSR count). The fourth-order valence-corrected chi connectivity index (χ4v) is 14.2. The van der Waals surface area contributed by atoms with Gasteiger partial charge in [0.1, 0.15) is 73.2 Å². The number of allylic oxidation sites excluding steroid dienone is 11. The molecule has 1 amide bonds. The highest BCUT2D eigenvalue weighted by atomic mass is 16.8. The summed E-state index contributed by atoms with van der Waals surface area (Å²) in [4.78, 5) is 13.5. The standard InChI is InChI=1S/C86H155NO18/c1-3-5-7-9-11-13-15-17-19-21-23-25-27-29-30-31-32-33-34-35-36-37-38-40-42-44-46-48-50-52-54-56-58-60-62-64-74(92)87-69(70(91)63-61-59-57-55-53-51-49-47-45-43-41-39-28-26-24-22-20-18-16-14-12-10-8-6-4-2)68-100-84-80(98)77(95)82(72(66-89)102-84)105-86-81(99)78(96)83(73(67-90)103-86)104-85-79(97)76(94)75(93)71(65-88)101-85/h5,7,11,13,17,19,23,25,53,55,61,63,69-73,75-86,88-91,93-99H,3-4,6,8-10,12,14-16,18,20-22,24,26-52,54,56-60,62,64-68H2,1-2H3,(H,87,92)/b7-5-,13-11-,19-17-,25-23-,55-53+,63-61+. The second-order valence-electron chi connectivity index (χ2n) is 30.3. The first-order chi connectivity index (χ1) is 51.3. The predicted octanol–water partition coefficient (Wildman–Crippen LogP) is 15.2. The van der Waals surface area contributed by atoms with Crippen molar-refractivity contribution in [2.75, 3.05) is 26.4 Å². The number of nitrogens with one attached hydrogen (secondary N) is 1. The van der Waals surface area contributed by atoms with Crippen LogP contribution >= 0.6 is 0 Å². The number of carbonyl (C=O) groups is 1. The summed E-state index contributed by atoms with van der Waals surface area (Å²) >= 11 is 0. The highest BCUT2D eigenvalue weighted by Crippen LogP contribution is 2.33. The number of unbranched alkanes of at least 4 members (excludes halogenated alkanes) is 42. The van der Waals surface area contributed by atoms with Gasteiger partial charge >= 0.3 is 0 Å². The van der Waals surface area contributed by atoms with E-state index in [1.807, 2.05) is 6.08 Å². The quantitative estimate of drug-likeness (QED) is 0.0199. The number of rotatable bonds is 68. The van der Waals surface area contributed by atoms with Crippen molar-refractivity contribution in [1.82, 2.24) is 5.32 Å². The first kappa shape index (κ1) is 96.4. The van der Waals surface area contributed by atoms with Crippen molar-refractivity contribution in [3.8, 4) is 0 Å². The van der Waals surface area contributed by atoms with Gasteiger partial charge in [-0.15, -0.1) is 0 Å². The molecule has 0 aromatic rings. The molecular weight excluding hydrogens is 1330 g/mol. The number of hydrogen-bond acceptors (Lipinski definition) is 18. The van der Waals surface area contributed by atoms with Crippen LogP contribution in [0.1, 0.15) is 335 Å². The van der Waals surface area contributed by atoms with Gasteiger partial charge in [0.15, 0.2) is 18.9 Å². The minimum atomic E-state index is -1.98. The molecule has 12 N–H and O–H groups in total. The van der Waals surface area contributed by atoms with Gasteiger partial charge in [-0.1, -0.05) is 331 Å². The first-order valence-corrected chi connectivity index (χ1v) is 42.7. The van der Waals surface area contributed by atoms with Crippen LogP contribution < -0.4 is 5.32 Å². The molecule has 0 spiro atoms. The largest absolute Gasteiger partial charge is 0.394 e. The number of amides is 1. The second-order valence-corrected chi connectivity index (χ2v) is 30.3. The van der Waals surface area contributed by atoms with Gasteiger partial charge in [-0.2, -0.15) is 0 Å². The van der Waals surface area contributed by atoms with Crippen LogP contribution in [-0.2, 0) is 33.2 Å². The lowest BCUT2D eigenvalue weighted by molar-refractivity contribution is -0.379. The van der Waals surface area contributed by atoms with Gasteiger partial charge in [0.05, 0.1) is 38.6 Å². The summed E-state index contributed by atoms with van der Waals surface area (Å²) < 4.78 is 34.5. The Hall–Kier alpha value is -2.77. The molecular formula is C86H155NO18. The lowest BCUT2D eigenvalue weighted by atomic mass is 9.96. The van der Waals surface area contributed by atoms with Crippen LogP contribution in [0, 0.1) is 0 Å². The van der Waals surface area contributed by atoms with Crippen molar-refractivity contribution in [1.29, 1.82) is 0 Å². The molecule has 0 aromatic heterocycles. The molecule has 0 aromatic carbocycles. The van der Waals surface area contributed by atoms with Crippen molar-refractivity contribution in [2.45, 2.75) is 439 Å². The number of carbonyl (C=O) groups excluding carboxylic acids is 1. The maximum atomic E-state index is 13.5. The molecule has 0 radical (unpaired) electrons. The van der Waals surface area contributed by atoms with E-state index in [9.17, 15) is 61.0 Å². The van der Waals surface area contributed by atoms with E-state index >= 15 is 0 Å². The van der Waals surface area contributed by atoms with Crippen molar-refractivity contribution in [3.63, 3.8) is 0 Å². The monoisotopic (exact) mass is 1490 g/mol. The van der Waals surface area contributed by atoms with Crippen molar-refractivity contribution in [2.24, 2.45) is 0 Å². The van der Waals surface area contributed by atoms with E-state index in [1.54, 1.807) is 6.08 Å². The van der Waals surface area contributed by atoms with Gasteiger partial charge in [-0.05, 0) is 70.6 Å². The summed E-state index contributed by atoms with van der Waals surface area (Å²) in [6, 6.07) is -0.993. The molecule has 0 aliphatic carbocycles. The van der Waals surface area contributed by atoms with E-state index in [0.717, 1.165) is 64.2 Å². The highest BCUT2D eigenvalue weighted by molar-refractivity contribution is 5.76. The van der Waals surface area contributed by atoms with E-state index in [-0.39, 0.29) is 18.9 Å². The zero-order valence-electron chi connectivity index (χ0n) is 65.7. The number of hydrogen-bond donors (Lipinski definition) is 12. The van der Waals surface area contributed by atoms with Crippen LogP contribution in [0.25, 0.3) is 0 Å². The van der Waals surface area contributed by atoms with Crippen LogP contribution in [0.4, 0.5) is 0 Å². The normalized spacial score (nSPS) is 26.1. The Balaban J connectivity index is 1.34. The van der Waals surface area contributed by atoms with Gasteiger partial charge in [0.25, 0.3) is 0 Å². The van der Waals surface area contributed by atoms with Crippen LogP contribution in [0.15, 0.2) is 72.9 Å².